The lowest BCUT2D eigenvalue weighted by Gasteiger charge is -2.48. The summed E-state index contributed by atoms with van der Waals surface area (Å²) < 4.78 is 19.2. The smallest absolute Gasteiger partial charge is 0.170 e. The summed E-state index contributed by atoms with van der Waals surface area (Å²) in [4.78, 5) is 2.58. The van der Waals surface area contributed by atoms with Gasteiger partial charge in [0.2, 0.25) is 0 Å². The number of halogens is 1. The summed E-state index contributed by atoms with van der Waals surface area (Å²) in [5, 5.41) is 7.05. The van der Waals surface area contributed by atoms with E-state index in [0.29, 0.717) is 16.4 Å². The summed E-state index contributed by atoms with van der Waals surface area (Å²) >= 11 is 5.44. The number of thiocarbonyl (C=S) groups is 1. The van der Waals surface area contributed by atoms with Crippen LogP contribution in [0.25, 0.3) is 0 Å². The second-order valence-electron chi connectivity index (χ2n) is 7.16. The van der Waals surface area contributed by atoms with Crippen LogP contribution in [-0.4, -0.2) is 48.4 Å². The molecule has 1 aliphatic heterocycles. The number of benzene rings is 1. The van der Waals surface area contributed by atoms with Crippen molar-refractivity contribution in [2.45, 2.75) is 44.6 Å². The Kier molecular flexibility index (Phi) is 6.25. The van der Waals surface area contributed by atoms with Crippen LogP contribution in [0, 0.1) is 12.7 Å². The number of rotatable bonds is 4. The molecule has 0 aromatic heterocycles. The highest BCUT2D eigenvalue weighted by atomic mass is 32.1. The minimum atomic E-state index is -0.218. The second kappa shape index (κ2) is 8.43. The van der Waals surface area contributed by atoms with Gasteiger partial charge in [-0.25, -0.2) is 4.39 Å². The summed E-state index contributed by atoms with van der Waals surface area (Å²) in [6.45, 7) is 6.19. The molecule has 25 heavy (non-hydrogen) atoms. The molecule has 1 aromatic carbocycles. The lowest BCUT2D eigenvalue weighted by Crippen LogP contribution is -2.60. The van der Waals surface area contributed by atoms with Crippen LogP contribution in [0.15, 0.2) is 18.2 Å². The van der Waals surface area contributed by atoms with Crippen molar-refractivity contribution in [1.82, 2.24) is 10.2 Å². The largest absolute Gasteiger partial charge is 0.379 e. The maximum atomic E-state index is 13.7. The molecule has 1 aliphatic carbocycles. The van der Waals surface area contributed by atoms with Crippen molar-refractivity contribution < 1.29 is 9.13 Å². The molecule has 0 bridgehead atoms. The minimum absolute atomic E-state index is 0.159. The average Bonchev–Trinajstić information content (AvgIpc) is 2.65. The van der Waals surface area contributed by atoms with Gasteiger partial charge in [0.15, 0.2) is 5.11 Å². The lowest BCUT2D eigenvalue weighted by atomic mass is 9.80. The van der Waals surface area contributed by atoms with Crippen LogP contribution in [0.5, 0.6) is 0 Å². The molecule has 1 saturated heterocycles. The zero-order chi connectivity index (χ0) is 17.7. The first-order chi connectivity index (χ1) is 12.1. The Bertz CT molecular complexity index is 598. The first-order valence-corrected chi connectivity index (χ1v) is 9.64. The number of aryl methyl sites for hydroxylation is 1. The van der Waals surface area contributed by atoms with Gasteiger partial charge in [-0.1, -0.05) is 25.3 Å². The summed E-state index contributed by atoms with van der Waals surface area (Å²) in [5.41, 5.74) is 1.48. The van der Waals surface area contributed by atoms with E-state index >= 15 is 0 Å². The molecule has 4 nitrogen and oxygen atoms in total. The second-order valence-corrected chi connectivity index (χ2v) is 7.56. The van der Waals surface area contributed by atoms with Crippen molar-refractivity contribution in [3.63, 3.8) is 0 Å². The molecule has 0 radical (unpaired) electrons. The van der Waals surface area contributed by atoms with E-state index in [0.717, 1.165) is 32.8 Å². The van der Waals surface area contributed by atoms with E-state index in [9.17, 15) is 4.39 Å². The number of hydrogen-bond donors (Lipinski definition) is 2. The molecule has 6 heteroatoms. The molecule has 0 atom stereocenters. The highest BCUT2D eigenvalue weighted by Gasteiger charge is 2.38. The van der Waals surface area contributed by atoms with Crippen molar-refractivity contribution in [2.24, 2.45) is 0 Å². The normalized spacial score (nSPS) is 20.9. The van der Waals surface area contributed by atoms with E-state index in [1.165, 1.54) is 38.2 Å². The average molecular weight is 366 g/mol. The van der Waals surface area contributed by atoms with Crippen LogP contribution >= 0.6 is 12.2 Å². The summed E-state index contributed by atoms with van der Waals surface area (Å²) in [6, 6.07) is 5.10. The number of anilines is 1. The van der Waals surface area contributed by atoms with Gasteiger partial charge in [-0.3, -0.25) is 4.90 Å². The number of ether oxygens (including phenoxy) is 1. The molecule has 2 fully saturated rings. The van der Waals surface area contributed by atoms with E-state index in [4.69, 9.17) is 17.0 Å². The predicted molar refractivity (Wildman–Crippen MR) is 104 cm³/mol. The number of morpholine rings is 1. The lowest BCUT2D eigenvalue weighted by molar-refractivity contribution is -0.0351. The van der Waals surface area contributed by atoms with Gasteiger partial charge in [-0.15, -0.1) is 0 Å². The highest BCUT2D eigenvalue weighted by molar-refractivity contribution is 7.80. The van der Waals surface area contributed by atoms with E-state index in [1.54, 1.807) is 13.0 Å². The molecule has 0 amide bonds. The van der Waals surface area contributed by atoms with Crippen LogP contribution in [-0.2, 0) is 4.74 Å². The van der Waals surface area contributed by atoms with Gasteiger partial charge in [-0.2, -0.15) is 0 Å². The van der Waals surface area contributed by atoms with Crippen molar-refractivity contribution in [3.05, 3.63) is 29.6 Å². The van der Waals surface area contributed by atoms with Gasteiger partial charge in [0.25, 0.3) is 0 Å². The minimum Gasteiger partial charge on any atom is -0.379 e. The summed E-state index contributed by atoms with van der Waals surface area (Å²) in [7, 11) is 0. The molecule has 1 heterocycles. The topological polar surface area (TPSA) is 36.5 Å². The standard InChI is InChI=1S/C19H28FN3OS/c1-15-5-6-16(13-17(15)20)22-18(25)21-14-19(7-3-2-4-8-19)23-9-11-24-12-10-23/h5-6,13H,2-4,7-12,14H2,1H3,(H2,21,22,25). The highest BCUT2D eigenvalue weighted by Crippen LogP contribution is 2.33. The van der Waals surface area contributed by atoms with E-state index in [2.05, 4.69) is 15.5 Å². The van der Waals surface area contributed by atoms with Crippen molar-refractivity contribution >= 4 is 23.0 Å². The molecule has 2 aliphatic rings. The van der Waals surface area contributed by atoms with Gasteiger partial charge >= 0.3 is 0 Å². The third-order valence-corrected chi connectivity index (χ3v) is 5.72. The zero-order valence-corrected chi connectivity index (χ0v) is 15.8. The number of nitrogens with one attached hydrogen (secondary N) is 2. The van der Waals surface area contributed by atoms with Gasteiger partial charge in [0.1, 0.15) is 5.82 Å². The number of hydrogen-bond acceptors (Lipinski definition) is 3. The Labute approximate surface area is 155 Å². The zero-order valence-electron chi connectivity index (χ0n) is 14.9. The molecule has 0 unspecified atom stereocenters. The Morgan fingerprint density at radius 3 is 2.64 bits per heavy atom. The van der Waals surface area contributed by atoms with Crippen LogP contribution in [0.4, 0.5) is 10.1 Å². The molecule has 2 N–H and O–H groups in total. The Hall–Kier alpha value is -1.24. The monoisotopic (exact) mass is 365 g/mol. The quantitative estimate of drug-likeness (QED) is 0.799. The third kappa shape index (κ3) is 4.68. The molecule has 1 saturated carbocycles. The first kappa shape index (κ1) is 18.5. The Morgan fingerprint density at radius 2 is 1.96 bits per heavy atom. The van der Waals surface area contributed by atoms with Crippen LogP contribution in [0.1, 0.15) is 37.7 Å². The summed E-state index contributed by atoms with van der Waals surface area (Å²) in [5.74, 6) is -0.218. The van der Waals surface area contributed by atoms with Gasteiger partial charge in [-0.05, 0) is 49.7 Å². The Morgan fingerprint density at radius 1 is 1.24 bits per heavy atom. The van der Waals surface area contributed by atoms with Crippen molar-refractivity contribution in [3.8, 4) is 0 Å². The van der Waals surface area contributed by atoms with Crippen molar-refractivity contribution in [2.75, 3.05) is 38.2 Å². The predicted octanol–water partition coefficient (Wildman–Crippen LogP) is 3.46. The third-order valence-electron chi connectivity index (χ3n) is 5.47. The molecule has 138 valence electrons. The Balaban J connectivity index is 1.60. The van der Waals surface area contributed by atoms with Crippen LogP contribution in [0.3, 0.4) is 0 Å². The molecule has 3 rings (SSSR count). The molecule has 0 spiro atoms. The SMILES string of the molecule is Cc1ccc(NC(=S)NCC2(N3CCOCC3)CCCCC2)cc1F. The maximum absolute atomic E-state index is 13.7. The van der Waals surface area contributed by atoms with E-state index < -0.39 is 0 Å². The van der Waals surface area contributed by atoms with Gasteiger partial charge in [0, 0.05) is 30.9 Å². The van der Waals surface area contributed by atoms with Crippen molar-refractivity contribution in [1.29, 1.82) is 0 Å². The molecular weight excluding hydrogens is 337 g/mol. The molecular formula is C19H28FN3OS. The van der Waals surface area contributed by atoms with E-state index in [-0.39, 0.29) is 11.4 Å². The van der Waals surface area contributed by atoms with Gasteiger partial charge < -0.3 is 15.4 Å². The van der Waals surface area contributed by atoms with Crippen LogP contribution in [0.2, 0.25) is 0 Å². The van der Waals surface area contributed by atoms with E-state index in [1.807, 2.05) is 6.07 Å². The van der Waals surface area contributed by atoms with Crippen LogP contribution < -0.4 is 10.6 Å². The maximum Gasteiger partial charge on any atom is 0.170 e. The number of nitrogens with zero attached hydrogens (tertiary/aromatic N) is 1. The fourth-order valence-electron chi connectivity index (χ4n) is 3.94. The fraction of sp³-hybridized carbons (Fsp3) is 0.632. The van der Waals surface area contributed by atoms with Gasteiger partial charge in [0.05, 0.1) is 13.2 Å². The molecule has 1 aromatic rings. The summed E-state index contributed by atoms with van der Waals surface area (Å²) in [6.07, 6.45) is 6.24. The first-order valence-electron chi connectivity index (χ1n) is 9.23. The fourth-order valence-corrected chi connectivity index (χ4v) is 4.13.